The third-order valence-corrected chi connectivity index (χ3v) is 5.71. The Morgan fingerprint density at radius 2 is 2.14 bits per heavy atom. The van der Waals surface area contributed by atoms with Crippen LogP contribution in [0.3, 0.4) is 0 Å². The van der Waals surface area contributed by atoms with Crippen LogP contribution in [0.15, 0.2) is 24.3 Å². The highest BCUT2D eigenvalue weighted by Crippen LogP contribution is 2.23. The van der Waals surface area contributed by atoms with Gasteiger partial charge in [-0.15, -0.1) is 0 Å². The summed E-state index contributed by atoms with van der Waals surface area (Å²) in [6.45, 7) is 0.846. The summed E-state index contributed by atoms with van der Waals surface area (Å²) in [6.07, 6.45) is 1.57. The summed E-state index contributed by atoms with van der Waals surface area (Å²) in [7, 11) is -2.88. The molecule has 5 nitrogen and oxygen atoms in total. The van der Waals surface area contributed by atoms with Gasteiger partial charge in [0.1, 0.15) is 5.75 Å². The highest BCUT2D eigenvalue weighted by molar-refractivity contribution is 7.91. The molecule has 1 atom stereocenters. The highest BCUT2D eigenvalue weighted by atomic mass is 35.5. The van der Waals surface area contributed by atoms with Gasteiger partial charge >= 0.3 is 0 Å². The fraction of sp³-hybridized carbons (Fsp3) is 0.533. The number of hydrogen-bond donors (Lipinski definition) is 1. The number of halogens is 1. The summed E-state index contributed by atoms with van der Waals surface area (Å²) < 4.78 is 28.1. The van der Waals surface area contributed by atoms with Crippen molar-refractivity contribution in [1.82, 2.24) is 5.32 Å². The average Bonchev–Trinajstić information content (AvgIpc) is 2.82. The first-order valence-electron chi connectivity index (χ1n) is 7.31. The molecule has 1 aromatic carbocycles. The van der Waals surface area contributed by atoms with Crippen molar-refractivity contribution in [1.29, 1.82) is 0 Å². The van der Waals surface area contributed by atoms with Gasteiger partial charge in [-0.05, 0) is 30.9 Å². The van der Waals surface area contributed by atoms with E-state index < -0.39 is 9.84 Å². The Kier molecular flexibility index (Phi) is 6.08. The number of amides is 1. The fourth-order valence-corrected chi connectivity index (χ4v) is 4.41. The van der Waals surface area contributed by atoms with E-state index >= 15 is 0 Å². The van der Waals surface area contributed by atoms with Crippen LogP contribution in [0, 0.1) is 5.92 Å². The Hall–Kier alpha value is -1.27. The molecule has 0 bridgehead atoms. The van der Waals surface area contributed by atoms with Gasteiger partial charge in [-0.2, -0.15) is 0 Å². The third-order valence-electron chi connectivity index (χ3n) is 3.56. The number of carbonyl (C=O) groups is 1. The summed E-state index contributed by atoms with van der Waals surface area (Å²) >= 11 is 5.96. The maximum Gasteiger partial charge on any atom is 0.220 e. The molecule has 1 aromatic rings. The summed E-state index contributed by atoms with van der Waals surface area (Å²) in [5, 5.41) is 3.34. The highest BCUT2D eigenvalue weighted by Gasteiger charge is 2.27. The van der Waals surface area contributed by atoms with E-state index in [9.17, 15) is 13.2 Å². The number of carbonyl (C=O) groups excluding carboxylic acids is 1. The number of ether oxygens (including phenoxy) is 1. The number of para-hydroxylation sites is 1. The first-order valence-corrected chi connectivity index (χ1v) is 9.51. The molecule has 0 unspecified atom stereocenters. The van der Waals surface area contributed by atoms with Crippen molar-refractivity contribution < 1.29 is 17.9 Å². The van der Waals surface area contributed by atoms with Crippen molar-refractivity contribution >= 4 is 27.3 Å². The molecule has 1 N–H and O–H groups in total. The summed E-state index contributed by atoms with van der Waals surface area (Å²) in [5.41, 5.74) is 0. The van der Waals surface area contributed by atoms with Crippen LogP contribution in [0.2, 0.25) is 5.02 Å². The van der Waals surface area contributed by atoms with Gasteiger partial charge in [-0.25, -0.2) is 8.42 Å². The Morgan fingerprint density at radius 3 is 2.82 bits per heavy atom. The van der Waals surface area contributed by atoms with Crippen molar-refractivity contribution in [3.05, 3.63) is 29.3 Å². The minimum atomic E-state index is -2.88. The number of sulfone groups is 1. The standard InChI is InChI=1S/C15H20ClNO4S/c16-13-4-1-2-5-14(13)21-8-3-6-15(18)17-10-12-7-9-22(19,20)11-12/h1-2,4-5,12H,3,6-11H2,(H,17,18)/t12-/m0/s1. The summed E-state index contributed by atoms with van der Waals surface area (Å²) in [6, 6.07) is 7.19. The Morgan fingerprint density at radius 1 is 1.36 bits per heavy atom. The van der Waals surface area contributed by atoms with Gasteiger partial charge in [-0.1, -0.05) is 23.7 Å². The zero-order valence-electron chi connectivity index (χ0n) is 12.3. The minimum absolute atomic E-state index is 0.0494. The van der Waals surface area contributed by atoms with E-state index in [1.165, 1.54) is 0 Å². The Labute approximate surface area is 135 Å². The quantitative estimate of drug-likeness (QED) is 0.768. The van der Waals surface area contributed by atoms with E-state index in [1.54, 1.807) is 12.1 Å². The molecule has 1 aliphatic rings. The summed E-state index contributed by atoms with van der Waals surface area (Å²) in [5.74, 6) is 1.00. The van der Waals surface area contributed by atoms with Gasteiger partial charge in [0.25, 0.3) is 0 Å². The SMILES string of the molecule is O=C(CCCOc1ccccc1Cl)NC[C@@H]1CCS(=O)(=O)C1. The van der Waals surface area contributed by atoms with E-state index in [-0.39, 0.29) is 23.3 Å². The molecule has 22 heavy (non-hydrogen) atoms. The van der Waals surface area contributed by atoms with Crippen LogP contribution in [-0.2, 0) is 14.6 Å². The molecule has 0 saturated carbocycles. The molecule has 0 spiro atoms. The van der Waals surface area contributed by atoms with Crippen LogP contribution in [0.4, 0.5) is 0 Å². The lowest BCUT2D eigenvalue weighted by molar-refractivity contribution is -0.121. The van der Waals surface area contributed by atoms with Crippen molar-refractivity contribution in [3.8, 4) is 5.75 Å². The average molecular weight is 346 g/mol. The molecule has 7 heteroatoms. The van der Waals surface area contributed by atoms with Gasteiger partial charge in [0, 0.05) is 13.0 Å². The smallest absolute Gasteiger partial charge is 0.220 e. The molecule has 0 aromatic heterocycles. The molecule has 0 radical (unpaired) electrons. The molecular formula is C15H20ClNO4S. The summed E-state index contributed by atoms with van der Waals surface area (Å²) in [4.78, 5) is 11.7. The molecule has 1 saturated heterocycles. The predicted molar refractivity (Wildman–Crippen MR) is 86.0 cm³/mol. The first-order chi connectivity index (χ1) is 10.5. The number of nitrogens with one attached hydrogen (secondary N) is 1. The number of rotatable bonds is 7. The Balaban J connectivity index is 1.59. The zero-order valence-corrected chi connectivity index (χ0v) is 13.8. The van der Waals surface area contributed by atoms with Gasteiger partial charge in [0.05, 0.1) is 23.1 Å². The molecule has 0 aliphatic carbocycles. The molecule has 1 fully saturated rings. The molecular weight excluding hydrogens is 326 g/mol. The molecule has 122 valence electrons. The number of hydrogen-bond acceptors (Lipinski definition) is 4. The van der Waals surface area contributed by atoms with E-state index in [0.29, 0.717) is 43.2 Å². The van der Waals surface area contributed by atoms with Crippen LogP contribution in [0.25, 0.3) is 0 Å². The second-order valence-electron chi connectivity index (χ2n) is 5.46. The largest absolute Gasteiger partial charge is 0.492 e. The fourth-order valence-electron chi connectivity index (χ4n) is 2.36. The van der Waals surface area contributed by atoms with Crippen LogP contribution in [0.1, 0.15) is 19.3 Å². The maximum absolute atomic E-state index is 11.7. The van der Waals surface area contributed by atoms with Crippen molar-refractivity contribution in [2.24, 2.45) is 5.92 Å². The van der Waals surface area contributed by atoms with Crippen molar-refractivity contribution in [3.63, 3.8) is 0 Å². The normalized spacial score (nSPS) is 19.8. The lowest BCUT2D eigenvalue weighted by atomic mass is 10.1. The van der Waals surface area contributed by atoms with Crippen LogP contribution < -0.4 is 10.1 Å². The monoisotopic (exact) mass is 345 g/mol. The third kappa shape index (κ3) is 5.50. The van der Waals surface area contributed by atoms with Gasteiger partial charge in [-0.3, -0.25) is 4.79 Å². The van der Waals surface area contributed by atoms with Gasteiger partial charge in [0.15, 0.2) is 9.84 Å². The lowest BCUT2D eigenvalue weighted by Crippen LogP contribution is -2.29. The zero-order chi connectivity index (χ0) is 16.0. The van der Waals surface area contributed by atoms with Gasteiger partial charge < -0.3 is 10.1 Å². The first kappa shape index (κ1) is 17.1. The van der Waals surface area contributed by atoms with Crippen molar-refractivity contribution in [2.75, 3.05) is 24.7 Å². The molecule has 1 amide bonds. The minimum Gasteiger partial charge on any atom is -0.492 e. The molecule has 1 heterocycles. The Bertz CT molecular complexity index is 618. The van der Waals surface area contributed by atoms with E-state index in [1.807, 2.05) is 12.1 Å². The van der Waals surface area contributed by atoms with Crippen molar-refractivity contribution in [2.45, 2.75) is 19.3 Å². The van der Waals surface area contributed by atoms with Crippen LogP contribution in [0.5, 0.6) is 5.75 Å². The van der Waals surface area contributed by atoms with E-state index in [2.05, 4.69) is 5.32 Å². The lowest BCUT2D eigenvalue weighted by Gasteiger charge is -2.10. The van der Waals surface area contributed by atoms with Crippen LogP contribution in [-0.4, -0.2) is 39.0 Å². The number of benzene rings is 1. The van der Waals surface area contributed by atoms with E-state index in [0.717, 1.165) is 0 Å². The topological polar surface area (TPSA) is 72.5 Å². The van der Waals surface area contributed by atoms with Gasteiger partial charge in [0.2, 0.25) is 5.91 Å². The maximum atomic E-state index is 11.7. The van der Waals surface area contributed by atoms with Crippen LogP contribution >= 0.6 is 11.6 Å². The molecule has 1 aliphatic heterocycles. The second-order valence-corrected chi connectivity index (χ2v) is 8.09. The molecule has 2 rings (SSSR count). The predicted octanol–water partition coefficient (Wildman–Crippen LogP) is 2.05. The van der Waals surface area contributed by atoms with E-state index in [4.69, 9.17) is 16.3 Å². The second kappa shape index (κ2) is 7.83.